The predicted octanol–water partition coefficient (Wildman–Crippen LogP) is 0.120. The molecule has 12 heavy (non-hydrogen) atoms. The molecule has 0 saturated heterocycles. The van der Waals surface area contributed by atoms with E-state index >= 15 is 0 Å². The Morgan fingerprint density at radius 3 is 3.17 bits per heavy atom. The van der Waals surface area contributed by atoms with E-state index in [9.17, 15) is 4.79 Å². The molecule has 2 heterocycles. The normalized spacial score (nSPS) is 10.8. The maximum Gasteiger partial charge on any atom is 0.272 e. The van der Waals surface area contributed by atoms with Gasteiger partial charge in [0.1, 0.15) is 5.52 Å². The zero-order chi connectivity index (χ0) is 8.55. The van der Waals surface area contributed by atoms with Gasteiger partial charge in [-0.2, -0.15) is 0 Å². The van der Waals surface area contributed by atoms with Crippen LogP contribution in [0.3, 0.4) is 0 Å². The van der Waals surface area contributed by atoms with Crippen molar-refractivity contribution in [2.24, 2.45) is 0 Å². The quantitative estimate of drug-likeness (QED) is 0.629. The van der Waals surface area contributed by atoms with Gasteiger partial charge in [0.05, 0.1) is 12.3 Å². The van der Waals surface area contributed by atoms with Crippen molar-refractivity contribution in [2.75, 3.05) is 0 Å². The smallest absolute Gasteiger partial charge is 0.272 e. The molecule has 0 radical (unpaired) electrons. The van der Waals surface area contributed by atoms with Crippen LogP contribution in [0.2, 0.25) is 0 Å². The molecular formula is C8H8N2O2. The van der Waals surface area contributed by atoms with Gasteiger partial charge in [-0.3, -0.25) is 4.79 Å². The molecule has 0 bridgehead atoms. The van der Waals surface area contributed by atoms with Gasteiger partial charge in [0.25, 0.3) is 5.56 Å². The second-order valence-corrected chi connectivity index (χ2v) is 2.57. The standard InChI is InChI=1S/C8H8N2O2/c11-5-6-4-10-3-1-2-7(10)8(12)9-6/h1-4,11H,5H2,(H,9,12). The number of nitrogens with zero attached hydrogens (tertiary/aromatic N) is 1. The zero-order valence-corrected chi connectivity index (χ0v) is 6.32. The fourth-order valence-electron chi connectivity index (χ4n) is 1.19. The Hall–Kier alpha value is -1.55. The summed E-state index contributed by atoms with van der Waals surface area (Å²) in [5.41, 5.74) is 0.933. The highest BCUT2D eigenvalue weighted by Crippen LogP contribution is 1.98. The molecule has 4 nitrogen and oxygen atoms in total. The molecule has 0 aliphatic heterocycles. The lowest BCUT2D eigenvalue weighted by Crippen LogP contribution is -2.11. The first kappa shape index (κ1) is 7.12. The Kier molecular flexibility index (Phi) is 1.48. The van der Waals surface area contributed by atoms with E-state index in [1.165, 1.54) is 0 Å². The molecule has 2 aromatic rings. The molecule has 2 aromatic heterocycles. The molecule has 0 unspecified atom stereocenters. The van der Waals surface area contributed by atoms with Crippen molar-refractivity contribution in [3.8, 4) is 0 Å². The highest BCUT2D eigenvalue weighted by molar-refractivity contribution is 5.44. The molecule has 0 atom stereocenters. The van der Waals surface area contributed by atoms with Crippen LogP contribution < -0.4 is 5.56 Å². The maximum absolute atomic E-state index is 11.2. The fourth-order valence-corrected chi connectivity index (χ4v) is 1.19. The predicted molar refractivity (Wildman–Crippen MR) is 43.9 cm³/mol. The van der Waals surface area contributed by atoms with Gasteiger partial charge in [0, 0.05) is 12.4 Å². The molecule has 2 rings (SSSR count). The van der Waals surface area contributed by atoms with E-state index in [0.29, 0.717) is 11.2 Å². The number of aromatic nitrogens is 2. The average molecular weight is 164 g/mol. The third-order valence-corrected chi connectivity index (χ3v) is 1.75. The minimum atomic E-state index is -0.174. The van der Waals surface area contributed by atoms with Gasteiger partial charge in [0.2, 0.25) is 0 Å². The summed E-state index contributed by atoms with van der Waals surface area (Å²) in [4.78, 5) is 13.8. The minimum Gasteiger partial charge on any atom is -0.390 e. The van der Waals surface area contributed by atoms with E-state index in [-0.39, 0.29) is 12.2 Å². The van der Waals surface area contributed by atoms with Gasteiger partial charge in [0.15, 0.2) is 0 Å². The van der Waals surface area contributed by atoms with Crippen molar-refractivity contribution in [3.63, 3.8) is 0 Å². The number of aliphatic hydroxyl groups is 1. The van der Waals surface area contributed by atoms with Gasteiger partial charge in [-0.1, -0.05) is 0 Å². The SMILES string of the molecule is O=c1[nH]c(CO)cn2cccc12. The summed E-state index contributed by atoms with van der Waals surface area (Å²) in [6, 6.07) is 3.51. The van der Waals surface area contributed by atoms with Crippen molar-refractivity contribution in [2.45, 2.75) is 6.61 Å². The lowest BCUT2D eigenvalue weighted by molar-refractivity contribution is 0.276. The van der Waals surface area contributed by atoms with Crippen LogP contribution in [0.1, 0.15) is 5.69 Å². The first-order valence-electron chi connectivity index (χ1n) is 3.61. The van der Waals surface area contributed by atoms with E-state index in [0.717, 1.165) is 0 Å². The summed E-state index contributed by atoms with van der Waals surface area (Å²) in [6.45, 7) is -0.149. The summed E-state index contributed by atoms with van der Waals surface area (Å²) >= 11 is 0. The first-order chi connectivity index (χ1) is 5.81. The topological polar surface area (TPSA) is 57.5 Å². The van der Waals surface area contributed by atoms with Crippen LogP contribution >= 0.6 is 0 Å². The van der Waals surface area contributed by atoms with Crippen molar-refractivity contribution in [3.05, 3.63) is 40.6 Å². The van der Waals surface area contributed by atoms with Crippen molar-refractivity contribution in [1.29, 1.82) is 0 Å². The third-order valence-electron chi connectivity index (χ3n) is 1.75. The van der Waals surface area contributed by atoms with E-state index in [1.54, 1.807) is 28.9 Å². The summed E-state index contributed by atoms with van der Waals surface area (Å²) in [5, 5.41) is 8.78. The molecule has 2 N–H and O–H groups in total. The van der Waals surface area contributed by atoms with Crippen LogP contribution in [0.4, 0.5) is 0 Å². The van der Waals surface area contributed by atoms with Gasteiger partial charge in [-0.15, -0.1) is 0 Å². The van der Waals surface area contributed by atoms with Gasteiger partial charge in [-0.25, -0.2) is 0 Å². The fraction of sp³-hybridized carbons (Fsp3) is 0.125. The molecule has 0 spiro atoms. The first-order valence-corrected chi connectivity index (χ1v) is 3.61. The molecule has 62 valence electrons. The molecule has 4 heteroatoms. The molecule has 0 aromatic carbocycles. The Balaban J connectivity index is 2.84. The van der Waals surface area contributed by atoms with Crippen LogP contribution in [-0.4, -0.2) is 14.5 Å². The highest BCUT2D eigenvalue weighted by atomic mass is 16.3. The van der Waals surface area contributed by atoms with E-state index < -0.39 is 0 Å². The number of fused-ring (bicyclic) bond motifs is 1. The third kappa shape index (κ3) is 0.931. The average Bonchev–Trinajstić information content (AvgIpc) is 2.52. The summed E-state index contributed by atoms with van der Waals surface area (Å²) in [6.07, 6.45) is 3.46. The van der Waals surface area contributed by atoms with Crippen LogP contribution in [0, 0.1) is 0 Å². The number of aromatic amines is 1. The minimum absolute atomic E-state index is 0.149. The molecule has 0 fully saturated rings. The number of rotatable bonds is 1. The van der Waals surface area contributed by atoms with Crippen molar-refractivity contribution >= 4 is 5.52 Å². The monoisotopic (exact) mass is 164 g/mol. The second-order valence-electron chi connectivity index (χ2n) is 2.57. The van der Waals surface area contributed by atoms with Crippen LogP contribution in [0.15, 0.2) is 29.3 Å². The lowest BCUT2D eigenvalue weighted by atomic mass is 10.4. The number of hydrogen-bond acceptors (Lipinski definition) is 2. The zero-order valence-electron chi connectivity index (χ0n) is 6.32. The maximum atomic E-state index is 11.2. The second kappa shape index (κ2) is 2.49. The van der Waals surface area contributed by atoms with Gasteiger partial charge in [-0.05, 0) is 12.1 Å². The van der Waals surface area contributed by atoms with Crippen molar-refractivity contribution in [1.82, 2.24) is 9.38 Å². The summed E-state index contributed by atoms with van der Waals surface area (Å²) < 4.78 is 1.68. The lowest BCUT2D eigenvalue weighted by Gasteiger charge is -1.97. The Morgan fingerprint density at radius 2 is 2.42 bits per heavy atom. The Bertz CT molecular complexity index is 455. The Morgan fingerprint density at radius 1 is 1.58 bits per heavy atom. The highest BCUT2D eigenvalue weighted by Gasteiger charge is 1.98. The number of H-pyrrole nitrogens is 1. The van der Waals surface area contributed by atoms with Crippen LogP contribution in [0.25, 0.3) is 5.52 Å². The van der Waals surface area contributed by atoms with Gasteiger partial charge >= 0.3 is 0 Å². The Labute approximate surface area is 68.1 Å². The molecule has 0 amide bonds. The van der Waals surface area contributed by atoms with Gasteiger partial charge < -0.3 is 14.5 Å². The number of hydrogen-bond donors (Lipinski definition) is 2. The van der Waals surface area contributed by atoms with Crippen LogP contribution in [-0.2, 0) is 6.61 Å². The van der Waals surface area contributed by atoms with E-state index in [1.807, 2.05) is 0 Å². The summed E-state index contributed by atoms with van der Waals surface area (Å²) in [7, 11) is 0. The van der Waals surface area contributed by atoms with E-state index in [4.69, 9.17) is 5.11 Å². The number of aliphatic hydroxyl groups excluding tert-OH is 1. The molecule has 0 aliphatic carbocycles. The van der Waals surface area contributed by atoms with E-state index in [2.05, 4.69) is 4.98 Å². The number of nitrogens with one attached hydrogen (secondary N) is 1. The summed E-state index contributed by atoms with van der Waals surface area (Å²) in [5.74, 6) is 0. The molecular weight excluding hydrogens is 156 g/mol. The largest absolute Gasteiger partial charge is 0.390 e. The van der Waals surface area contributed by atoms with Crippen molar-refractivity contribution < 1.29 is 5.11 Å². The van der Waals surface area contributed by atoms with Crippen LogP contribution in [0.5, 0.6) is 0 Å². The molecule has 0 saturated carbocycles. The molecule has 0 aliphatic rings.